The van der Waals surface area contributed by atoms with E-state index in [0.717, 1.165) is 13.0 Å². The van der Waals surface area contributed by atoms with Gasteiger partial charge in [-0.1, -0.05) is 0 Å². The topological polar surface area (TPSA) is 43.8 Å². The molecule has 2 N–H and O–H groups in total. The van der Waals surface area contributed by atoms with Gasteiger partial charge in [0.25, 0.3) is 0 Å². The SMILES string of the molecule is NCCc1cccn1Cc1ccncc1. The number of nitrogens with two attached hydrogens (primary N) is 1. The molecular formula is C12H15N3. The van der Waals surface area contributed by atoms with Crippen molar-refractivity contribution in [2.24, 2.45) is 5.73 Å². The van der Waals surface area contributed by atoms with E-state index < -0.39 is 0 Å². The molecule has 3 nitrogen and oxygen atoms in total. The Morgan fingerprint density at radius 2 is 2.00 bits per heavy atom. The quantitative estimate of drug-likeness (QED) is 0.813. The molecule has 0 amide bonds. The zero-order valence-corrected chi connectivity index (χ0v) is 8.63. The van der Waals surface area contributed by atoms with Crippen molar-refractivity contribution in [3.8, 4) is 0 Å². The molecule has 0 saturated heterocycles. The Labute approximate surface area is 89.6 Å². The van der Waals surface area contributed by atoms with Crippen LogP contribution in [0, 0.1) is 0 Å². The van der Waals surface area contributed by atoms with Gasteiger partial charge < -0.3 is 10.3 Å². The van der Waals surface area contributed by atoms with Crippen molar-refractivity contribution >= 4 is 0 Å². The molecular weight excluding hydrogens is 186 g/mol. The van der Waals surface area contributed by atoms with E-state index in [1.54, 1.807) is 0 Å². The molecule has 2 rings (SSSR count). The summed E-state index contributed by atoms with van der Waals surface area (Å²) in [5, 5.41) is 0. The minimum atomic E-state index is 0.695. The van der Waals surface area contributed by atoms with Crippen LogP contribution in [0.1, 0.15) is 11.3 Å². The van der Waals surface area contributed by atoms with Gasteiger partial charge in [-0.2, -0.15) is 0 Å². The van der Waals surface area contributed by atoms with Gasteiger partial charge in [-0.25, -0.2) is 0 Å². The van der Waals surface area contributed by atoms with Crippen molar-refractivity contribution in [2.45, 2.75) is 13.0 Å². The molecule has 78 valence electrons. The summed E-state index contributed by atoms with van der Waals surface area (Å²) >= 11 is 0. The van der Waals surface area contributed by atoms with Crippen LogP contribution in [0.2, 0.25) is 0 Å². The molecule has 2 aromatic rings. The van der Waals surface area contributed by atoms with Gasteiger partial charge >= 0.3 is 0 Å². The summed E-state index contributed by atoms with van der Waals surface area (Å²) in [5.41, 5.74) is 8.11. The molecule has 3 heteroatoms. The maximum absolute atomic E-state index is 5.56. The van der Waals surface area contributed by atoms with Gasteiger partial charge in [0, 0.05) is 30.8 Å². The van der Waals surface area contributed by atoms with Crippen LogP contribution in [0.15, 0.2) is 42.9 Å². The third-order valence-corrected chi connectivity index (χ3v) is 2.43. The summed E-state index contributed by atoms with van der Waals surface area (Å²) in [6.45, 7) is 1.59. The standard InChI is InChI=1S/C12H15N3/c13-6-3-12-2-1-9-15(12)10-11-4-7-14-8-5-11/h1-2,4-5,7-9H,3,6,10,13H2. The van der Waals surface area contributed by atoms with Crippen LogP contribution in [0.5, 0.6) is 0 Å². The third-order valence-electron chi connectivity index (χ3n) is 2.43. The minimum Gasteiger partial charge on any atom is -0.347 e. The monoisotopic (exact) mass is 201 g/mol. The first-order valence-corrected chi connectivity index (χ1v) is 5.13. The first kappa shape index (κ1) is 9.93. The lowest BCUT2D eigenvalue weighted by atomic mass is 10.2. The Morgan fingerprint density at radius 1 is 1.20 bits per heavy atom. The minimum absolute atomic E-state index is 0.695. The summed E-state index contributed by atoms with van der Waals surface area (Å²) in [6.07, 6.45) is 6.66. The molecule has 0 aliphatic carbocycles. The summed E-state index contributed by atoms with van der Waals surface area (Å²) in [5.74, 6) is 0. The number of hydrogen-bond acceptors (Lipinski definition) is 2. The van der Waals surface area contributed by atoms with Crippen molar-refractivity contribution in [3.05, 3.63) is 54.1 Å². The van der Waals surface area contributed by atoms with Crippen LogP contribution in [-0.4, -0.2) is 16.1 Å². The average molecular weight is 201 g/mol. The number of aromatic nitrogens is 2. The van der Waals surface area contributed by atoms with E-state index in [-0.39, 0.29) is 0 Å². The molecule has 0 atom stereocenters. The smallest absolute Gasteiger partial charge is 0.0473 e. The molecule has 2 aromatic heterocycles. The largest absolute Gasteiger partial charge is 0.347 e. The average Bonchev–Trinajstić information content (AvgIpc) is 2.68. The van der Waals surface area contributed by atoms with E-state index in [9.17, 15) is 0 Å². The summed E-state index contributed by atoms with van der Waals surface area (Å²) in [4.78, 5) is 4.00. The van der Waals surface area contributed by atoms with E-state index in [0.29, 0.717) is 6.54 Å². The van der Waals surface area contributed by atoms with Gasteiger partial charge in [-0.15, -0.1) is 0 Å². The fourth-order valence-corrected chi connectivity index (χ4v) is 1.66. The van der Waals surface area contributed by atoms with Gasteiger partial charge in [0.15, 0.2) is 0 Å². The highest BCUT2D eigenvalue weighted by atomic mass is 15.0. The van der Waals surface area contributed by atoms with Crippen LogP contribution in [0.4, 0.5) is 0 Å². The molecule has 0 radical (unpaired) electrons. The Bertz CT molecular complexity index is 406. The van der Waals surface area contributed by atoms with Crippen LogP contribution in [-0.2, 0) is 13.0 Å². The van der Waals surface area contributed by atoms with E-state index >= 15 is 0 Å². The predicted molar refractivity (Wildman–Crippen MR) is 60.5 cm³/mol. The van der Waals surface area contributed by atoms with E-state index in [1.165, 1.54) is 11.3 Å². The maximum atomic E-state index is 5.56. The van der Waals surface area contributed by atoms with Gasteiger partial charge in [-0.05, 0) is 42.8 Å². The maximum Gasteiger partial charge on any atom is 0.0473 e. The molecule has 15 heavy (non-hydrogen) atoms. The van der Waals surface area contributed by atoms with Gasteiger partial charge in [-0.3, -0.25) is 4.98 Å². The van der Waals surface area contributed by atoms with Crippen LogP contribution >= 0.6 is 0 Å². The van der Waals surface area contributed by atoms with Crippen LogP contribution in [0.3, 0.4) is 0 Å². The van der Waals surface area contributed by atoms with E-state index in [2.05, 4.69) is 27.9 Å². The highest BCUT2D eigenvalue weighted by molar-refractivity contribution is 5.15. The Hall–Kier alpha value is -1.61. The van der Waals surface area contributed by atoms with Gasteiger partial charge in [0.2, 0.25) is 0 Å². The van der Waals surface area contributed by atoms with E-state index in [4.69, 9.17) is 5.73 Å². The van der Waals surface area contributed by atoms with Crippen molar-refractivity contribution in [3.63, 3.8) is 0 Å². The Morgan fingerprint density at radius 3 is 2.73 bits per heavy atom. The number of hydrogen-bond donors (Lipinski definition) is 1. The van der Waals surface area contributed by atoms with Crippen molar-refractivity contribution < 1.29 is 0 Å². The molecule has 0 bridgehead atoms. The Balaban J connectivity index is 2.14. The fraction of sp³-hybridized carbons (Fsp3) is 0.250. The predicted octanol–water partition coefficient (Wildman–Crippen LogP) is 1.43. The van der Waals surface area contributed by atoms with Crippen LogP contribution < -0.4 is 5.73 Å². The number of pyridine rings is 1. The van der Waals surface area contributed by atoms with Crippen molar-refractivity contribution in [1.82, 2.24) is 9.55 Å². The van der Waals surface area contributed by atoms with Gasteiger partial charge in [0.05, 0.1) is 0 Å². The summed E-state index contributed by atoms with van der Waals surface area (Å²) in [6, 6.07) is 8.25. The summed E-state index contributed by atoms with van der Waals surface area (Å²) in [7, 11) is 0. The Kier molecular flexibility index (Phi) is 3.15. The lowest BCUT2D eigenvalue weighted by Gasteiger charge is -2.08. The van der Waals surface area contributed by atoms with Crippen LogP contribution in [0.25, 0.3) is 0 Å². The molecule has 0 aromatic carbocycles. The third kappa shape index (κ3) is 2.44. The molecule has 0 unspecified atom stereocenters. The number of rotatable bonds is 4. The highest BCUT2D eigenvalue weighted by Crippen LogP contribution is 2.07. The lowest BCUT2D eigenvalue weighted by Crippen LogP contribution is -2.09. The zero-order chi connectivity index (χ0) is 10.5. The second-order valence-electron chi connectivity index (χ2n) is 3.52. The second kappa shape index (κ2) is 4.75. The summed E-state index contributed by atoms with van der Waals surface area (Å²) < 4.78 is 2.22. The molecule has 0 aliphatic rings. The van der Waals surface area contributed by atoms with Gasteiger partial charge in [0.1, 0.15) is 0 Å². The van der Waals surface area contributed by atoms with Crippen molar-refractivity contribution in [2.75, 3.05) is 6.54 Å². The van der Waals surface area contributed by atoms with E-state index in [1.807, 2.05) is 24.5 Å². The highest BCUT2D eigenvalue weighted by Gasteiger charge is 2.00. The number of nitrogens with zero attached hydrogens (tertiary/aromatic N) is 2. The lowest BCUT2D eigenvalue weighted by molar-refractivity contribution is 0.735. The molecule has 0 fully saturated rings. The first-order valence-electron chi connectivity index (χ1n) is 5.13. The molecule has 0 spiro atoms. The first-order chi connectivity index (χ1) is 7.40. The zero-order valence-electron chi connectivity index (χ0n) is 8.63. The second-order valence-corrected chi connectivity index (χ2v) is 3.52. The van der Waals surface area contributed by atoms with Crippen molar-refractivity contribution in [1.29, 1.82) is 0 Å². The fourth-order valence-electron chi connectivity index (χ4n) is 1.66. The molecule has 0 saturated carbocycles. The molecule has 0 aliphatic heterocycles. The molecule has 2 heterocycles. The normalized spacial score (nSPS) is 10.5.